The minimum Gasteiger partial charge on any atom is -0.466 e. The van der Waals surface area contributed by atoms with Crippen molar-refractivity contribution in [1.29, 1.82) is 0 Å². The van der Waals surface area contributed by atoms with Gasteiger partial charge in [0.1, 0.15) is 0 Å². The molecular formula is C14H16O2. The van der Waals surface area contributed by atoms with Crippen molar-refractivity contribution in [3.8, 4) is 0 Å². The Labute approximate surface area is 95.9 Å². The second kappa shape index (κ2) is 4.97. The lowest BCUT2D eigenvalue weighted by Crippen LogP contribution is -1.98. The Kier molecular flexibility index (Phi) is 3.40. The predicted molar refractivity (Wildman–Crippen MR) is 64.0 cm³/mol. The third kappa shape index (κ3) is 2.32. The zero-order valence-corrected chi connectivity index (χ0v) is 9.53. The second-order valence-corrected chi connectivity index (χ2v) is 4.06. The van der Waals surface area contributed by atoms with Gasteiger partial charge in [-0.3, -0.25) is 0 Å². The van der Waals surface area contributed by atoms with Crippen molar-refractivity contribution in [2.75, 3.05) is 7.11 Å². The van der Waals surface area contributed by atoms with Gasteiger partial charge in [0.2, 0.25) is 0 Å². The third-order valence-corrected chi connectivity index (χ3v) is 3.00. The van der Waals surface area contributed by atoms with Gasteiger partial charge in [-0.05, 0) is 42.4 Å². The summed E-state index contributed by atoms with van der Waals surface area (Å²) < 4.78 is 4.69. The molecule has 0 aliphatic heterocycles. The smallest absolute Gasteiger partial charge is 0.330 e. The van der Waals surface area contributed by atoms with E-state index in [-0.39, 0.29) is 5.97 Å². The minimum atomic E-state index is -0.258. The Balaban J connectivity index is 2.40. The maximum atomic E-state index is 11.3. The summed E-state index contributed by atoms with van der Waals surface area (Å²) in [4.78, 5) is 11.3. The van der Waals surface area contributed by atoms with Crippen LogP contribution in [0, 0.1) is 0 Å². The van der Waals surface area contributed by atoms with Crippen LogP contribution in [0.3, 0.4) is 0 Å². The topological polar surface area (TPSA) is 26.3 Å². The summed E-state index contributed by atoms with van der Waals surface area (Å²) in [5, 5.41) is 0. The van der Waals surface area contributed by atoms with Crippen LogP contribution in [0.2, 0.25) is 0 Å². The van der Waals surface area contributed by atoms with Crippen LogP contribution in [-0.2, 0) is 16.0 Å². The van der Waals surface area contributed by atoms with E-state index in [2.05, 4.69) is 18.2 Å². The van der Waals surface area contributed by atoms with Crippen LogP contribution in [0.4, 0.5) is 0 Å². The monoisotopic (exact) mass is 216 g/mol. The van der Waals surface area contributed by atoms with Gasteiger partial charge in [-0.25, -0.2) is 4.79 Å². The lowest BCUT2D eigenvalue weighted by Gasteiger charge is -2.07. The van der Waals surface area contributed by atoms with E-state index in [1.807, 2.05) is 6.07 Å². The van der Waals surface area contributed by atoms with E-state index in [1.54, 1.807) is 6.08 Å². The zero-order valence-electron chi connectivity index (χ0n) is 9.53. The Morgan fingerprint density at radius 1 is 1.25 bits per heavy atom. The average molecular weight is 216 g/mol. The molecule has 2 heteroatoms. The quantitative estimate of drug-likeness (QED) is 0.410. The number of fused-ring (bicyclic) bond motifs is 1. The van der Waals surface area contributed by atoms with Crippen LogP contribution in [0.15, 0.2) is 30.3 Å². The normalized spacial score (nSPS) is 17.7. The van der Waals surface area contributed by atoms with Crippen molar-refractivity contribution >= 4 is 11.5 Å². The number of methoxy groups -OCH3 is 1. The molecule has 1 aliphatic carbocycles. The van der Waals surface area contributed by atoms with E-state index in [4.69, 9.17) is 4.74 Å². The molecule has 0 bridgehead atoms. The number of aryl methyl sites for hydroxylation is 1. The number of rotatable bonds is 1. The molecule has 0 fully saturated rings. The zero-order chi connectivity index (χ0) is 11.4. The first kappa shape index (κ1) is 10.9. The molecule has 1 aliphatic rings. The van der Waals surface area contributed by atoms with Crippen LogP contribution < -0.4 is 0 Å². The highest BCUT2D eigenvalue weighted by atomic mass is 16.5. The summed E-state index contributed by atoms with van der Waals surface area (Å²) in [6.07, 6.45) is 6.03. The predicted octanol–water partition coefficient (Wildman–Crippen LogP) is 2.97. The van der Waals surface area contributed by atoms with Gasteiger partial charge in [-0.1, -0.05) is 24.3 Å². The van der Waals surface area contributed by atoms with Gasteiger partial charge in [-0.15, -0.1) is 0 Å². The van der Waals surface area contributed by atoms with Gasteiger partial charge in [0, 0.05) is 6.08 Å². The van der Waals surface area contributed by atoms with Gasteiger partial charge in [-0.2, -0.15) is 0 Å². The summed E-state index contributed by atoms with van der Waals surface area (Å²) in [5.41, 5.74) is 3.67. The lowest BCUT2D eigenvalue weighted by atomic mass is 9.98. The Morgan fingerprint density at radius 2 is 2.00 bits per heavy atom. The molecule has 0 atom stereocenters. The number of allylic oxidation sites excluding steroid dienone is 1. The minimum absolute atomic E-state index is 0.258. The SMILES string of the molecule is COC(=O)/C=C1/CCCCc2ccccc21. The fraction of sp³-hybridized carbons (Fsp3) is 0.357. The summed E-state index contributed by atoms with van der Waals surface area (Å²) >= 11 is 0. The van der Waals surface area contributed by atoms with Gasteiger partial charge in [0.15, 0.2) is 0 Å². The van der Waals surface area contributed by atoms with E-state index in [0.29, 0.717) is 0 Å². The van der Waals surface area contributed by atoms with Crippen LogP contribution in [-0.4, -0.2) is 13.1 Å². The molecule has 2 nitrogen and oxygen atoms in total. The molecule has 0 radical (unpaired) electrons. The maximum Gasteiger partial charge on any atom is 0.330 e. The molecule has 1 aromatic rings. The molecule has 0 spiro atoms. The summed E-state index contributed by atoms with van der Waals surface area (Å²) in [6.45, 7) is 0. The third-order valence-electron chi connectivity index (χ3n) is 3.00. The number of carbonyl (C=O) groups excluding carboxylic acids is 1. The molecule has 0 saturated carbocycles. The van der Waals surface area contributed by atoms with E-state index in [9.17, 15) is 4.79 Å². The fourth-order valence-electron chi connectivity index (χ4n) is 2.17. The molecule has 0 saturated heterocycles. The van der Waals surface area contributed by atoms with Crippen molar-refractivity contribution in [2.45, 2.75) is 25.7 Å². The molecule has 16 heavy (non-hydrogen) atoms. The molecule has 0 amide bonds. The number of hydrogen-bond acceptors (Lipinski definition) is 2. The van der Waals surface area contributed by atoms with Crippen molar-refractivity contribution in [3.63, 3.8) is 0 Å². The van der Waals surface area contributed by atoms with Crippen molar-refractivity contribution in [1.82, 2.24) is 0 Å². The number of hydrogen-bond donors (Lipinski definition) is 0. The average Bonchev–Trinajstić information content (AvgIpc) is 2.52. The highest BCUT2D eigenvalue weighted by Crippen LogP contribution is 2.29. The standard InChI is InChI=1S/C14H16O2/c1-16-14(15)10-12-8-3-2-6-11-7-4-5-9-13(11)12/h4-5,7,9-10H,2-3,6,8H2,1H3/b12-10-. The van der Waals surface area contributed by atoms with Crippen LogP contribution in [0.5, 0.6) is 0 Å². The summed E-state index contributed by atoms with van der Waals surface area (Å²) in [5.74, 6) is -0.258. The highest BCUT2D eigenvalue weighted by Gasteiger charge is 2.12. The first-order chi connectivity index (χ1) is 7.81. The number of carbonyl (C=O) groups is 1. The first-order valence-corrected chi connectivity index (χ1v) is 5.68. The van der Waals surface area contributed by atoms with E-state index in [1.165, 1.54) is 24.7 Å². The van der Waals surface area contributed by atoms with Gasteiger partial charge in [0.05, 0.1) is 7.11 Å². The van der Waals surface area contributed by atoms with Gasteiger partial charge in [0.25, 0.3) is 0 Å². The Morgan fingerprint density at radius 3 is 2.81 bits per heavy atom. The largest absolute Gasteiger partial charge is 0.466 e. The number of ether oxygens (including phenoxy) is 1. The van der Waals surface area contributed by atoms with Crippen molar-refractivity contribution < 1.29 is 9.53 Å². The number of esters is 1. The molecule has 84 valence electrons. The van der Waals surface area contributed by atoms with Crippen LogP contribution >= 0.6 is 0 Å². The molecule has 2 rings (SSSR count). The van der Waals surface area contributed by atoms with E-state index < -0.39 is 0 Å². The maximum absolute atomic E-state index is 11.3. The molecule has 0 unspecified atom stereocenters. The molecular weight excluding hydrogens is 200 g/mol. The Bertz CT molecular complexity index is 418. The summed E-state index contributed by atoms with van der Waals surface area (Å²) in [6, 6.07) is 8.32. The number of benzene rings is 1. The first-order valence-electron chi connectivity index (χ1n) is 5.68. The van der Waals surface area contributed by atoms with Gasteiger partial charge < -0.3 is 4.74 Å². The fourth-order valence-corrected chi connectivity index (χ4v) is 2.17. The van der Waals surface area contributed by atoms with E-state index in [0.717, 1.165) is 24.8 Å². The molecule has 1 aromatic carbocycles. The Hall–Kier alpha value is -1.57. The van der Waals surface area contributed by atoms with Crippen LogP contribution in [0.1, 0.15) is 30.4 Å². The van der Waals surface area contributed by atoms with E-state index >= 15 is 0 Å². The highest BCUT2D eigenvalue weighted by molar-refractivity contribution is 5.91. The lowest BCUT2D eigenvalue weighted by molar-refractivity contribution is -0.134. The second-order valence-electron chi connectivity index (χ2n) is 4.06. The molecule has 0 N–H and O–H groups in total. The van der Waals surface area contributed by atoms with Gasteiger partial charge >= 0.3 is 5.97 Å². The van der Waals surface area contributed by atoms with Crippen molar-refractivity contribution in [2.24, 2.45) is 0 Å². The summed E-state index contributed by atoms with van der Waals surface area (Å²) in [7, 11) is 1.42. The van der Waals surface area contributed by atoms with Crippen LogP contribution in [0.25, 0.3) is 5.57 Å². The molecule has 0 aromatic heterocycles. The van der Waals surface area contributed by atoms with Crippen molar-refractivity contribution in [3.05, 3.63) is 41.5 Å². The molecule has 0 heterocycles.